The first-order chi connectivity index (χ1) is 15.0. The fourth-order valence-electron chi connectivity index (χ4n) is 4.31. The van der Waals surface area contributed by atoms with Gasteiger partial charge >= 0.3 is 0 Å². The minimum atomic E-state index is 0.143. The number of fused-ring (bicyclic) bond motifs is 1. The summed E-state index contributed by atoms with van der Waals surface area (Å²) in [5.74, 6) is 2.04. The quantitative estimate of drug-likeness (QED) is 0.540. The van der Waals surface area contributed by atoms with Crippen molar-refractivity contribution in [3.8, 4) is 18.0 Å². The Morgan fingerprint density at radius 3 is 2.74 bits per heavy atom. The Hall–Kier alpha value is -2.87. The molecule has 8 heteroatoms. The van der Waals surface area contributed by atoms with Crippen molar-refractivity contribution in [3.63, 3.8) is 0 Å². The molecule has 2 aromatic heterocycles. The van der Waals surface area contributed by atoms with E-state index in [2.05, 4.69) is 45.3 Å². The van der Waals surface area contributed by atoms with E-state index in [0.29, 0.717) is 23.8 Å². The number of nitrogens with one attached hydrogen (secondary N) is 1. The largest absolute Gasteiger partial charge is 0.474 e. The van der Waals surface area contributed by atoms with Crippen LogP contribution in [0.1, 0.15) is 47.7 Å². The van der Waals surface area contributed by atoms with Gasteiger partial charge in [0.25, 0.3) is 0 Å². The molecule has 0 radical (unpaired) electrons. The number of halogens is 1. The molecule has 0 bridgehead atoms. The highest BCUT2D eigenvalue weighted by Crippen LogP contribution is 2.33. The topological polar surface area (TPSA) is 97.9 Å². The van der Waals surface area contributed by atoms with E-state index in [1.54, 1.807) is 0 Å². The van der Waals surface area contributed by atoms with E-state index in [1.807, 2.05) is 13.0 Å². The molecule has 31 heavy (non-hydrogen) atoms. The minimum absolute atomic E-state index is 0.143. The molecule has 4 rings (SSSR count). The van der Waals surface area contributed by atoms with Gasteiger partial charge in [-0.25, -0.2) is 9.97 Å². The van der Waals surface area contributed by atoms with Gasteiger partial charge in [-0.2, -0.15) is 10.5 Å². The van der Waals surface area contributed by atoms with Gasteiger partial charge in [0.1, 0.15) is 29.7 Å². The number of nitrogens with zero attached hydrogens (tertiary/aromatic N) is 5. The highest BCUT2D eigenvalue weighted by molar-refractivity contribution is 6.30. The Bertz CT molecular complexity index is 1070. The third kappa shape index (κ3) is 4.58. The highest BCUT2D eigenvalue weighted by atomic mass is 35.5. The molecule has 7 nitrogen and oxygen atoms in total. The van der Waals surface area contributed by atoms with Crippen molar-refractivity contribution in [1.29, 1.82) is 10.5 Å². The average Bonchev–Trinajstić information content (AvgIpc) is 2.73. The van der Waals surface area contributed by atoms with Crippen LogP contribution in [0.3, 0.4) is 0 Å². The summed E-state index contributed by atoms with van der Waals surface area (Å²) in [6, 6.07) is 8.29. The Labute approximate surface area is 187 Å². The Morgan fingerprint density at radius 2 is 2.06 bits per heavy atom. The Morgan fingerprint density at radius 1 is 1.26 bits per heavy atom. The van der Waals surface area contributed by atoms with Gasteiger partial charge in [-0.1, -0.05) is 24.6 Å². The molecule has 0 unspecified atom stereocenters. The zero-order valence-electron chi connectivity index (χ0n) is 17.8. The first-order valence-corrected chi connectivity index (χ1v) is 10.9. The highest BCUT2D eigenvalue weighted by Gasteiger charge is 2.28. The number of ether oxygens (including phenoxy) is 1. The molecule has 0 amide bonds. The SMILES string of the molecule is Cc1nc(OC2CC(C)C2)ccc1CN1CCc2c(NCC#N)nc(Cl)c(C#N)c2C1. The number of hydrogen-bond donors (Lipinski definition) is 1. The maximum atomic E-state index is 9.62. The van der Waals surface area contributed by atoms with Crippen molar-refractivity contribution in [3.05, 3.63) is 45.2 Å². The molecule has 0 atom stereocenters. The third-order valence-corrected chi connectivity index (χ3v) is 6.33. The van der Waals surface area contributed by atoms with Crippen molar-refractivity contribution >= 4 is 17.4 Å². The van der Waals surface area contributed by atoms with Crippen LogP contribution in [0.5, 0.6) is 5.88 Å². The van der Waals surface area contributed by atoms with Crippen LogP contribution < -0.4 is 10.1 Å². The fraction of sp³-hybridized carbons (Fsp3) is 0.478. The van der Waals surface area contributed by atoms with Crippen LogP contribution in [0.4, 0.5) is 5.82 Å². The second-order valence-corrected chi connectivity index (χ2v) is 8.74. The molecule has 1 aliphatic heterocycles. The summed E-state index contributed by atoms with van der Waals surface area (Å²) < 4.78 is 5.97. The molecule has 0 aromatic carbocycles. The lowest BCUT2D eigenvalue weighted by Gasteiger charge is -2.32. The molecule has 3 heterocycles. The lowest BCUT2D eigenvalue weighted by Crippen LogP contribution is -2.33. The predicted molar refractivity (Wildman–Crippen MR) is 118 cm³/mol. The number of hydrogen-bond acceptors (Lipinski definition) is 7. The van der Waals surface area contributed by atoms with Crippen LogP contribution in [0.15, 0.2) is 12.1 Å². The third-order valence-electron chi connectivity index (χ3n) is 6.06. The van der Waals surface area contributed by atoms with Gasteiger partial charge in [0, 0.05) is 37.0 Å². The zero-order chi connectivity index (χ0) is 22.0. The van der Waals surface area contributed by atoms with E-state index in [-0.39, 0.29) is 17.8 Å². The normalized spacial score (nSPS) is 20.2. The van der Waals surface area contributed by atoms with Gasteiger partial charge in [-0.3, -0.25) is 4.90 Å². The van der Waals surface area contributed by atoms with Gasteiger partial charge in [-0.05, 0) is 43.2 Å². The van der Waals surface area contributed by atoms with E-state index >= 15 is 0 Å². The maximum Gasteiger partial charge on any atom is 0.213 e. The predicted octanol–water partition coefficient (Wildman–Crippen LogP) is 3.98. The summed E-state index contributed by atoms with van der Waals surface area (Å²) in [6.45, 7) is 6.53. The summed E-state index contributed by atoms with van der Waals surface area (Å²) >= 11 is 6.26. The van der Waals surface area contributed by atoms with E-state index in [9.17, 15) is 5.26 Å². The van der Waals surface area contributed by atoms with E-state index in [4.69, 9.17) is 21.6 Å². The van der Waals surface area contributed by atoms with E-state index in [0.717, 1.165) is 60.7 Å². The minimum Gasteiger partial charge on any atom is -0.474 e. The van der Waals surface area contributed by atoms with Crippen LogP contribution in [0.2, 0.25) is 5.15 Å². The number of rotatable bonds is 6. The average molecular weight is 437 g/mol. The van der Waals surface area contributed by atoms with Crippen molar-refractivity contribution in [2.24, 2.45) is 5.92 Å². The molecule has 0 spiro atoms. The van der Waals surface area contributed by atoms with Gasteiger partial charge in [0.15, 0.2) is 0 Å². The van der Waals surface area contributed by atoms with Gasteiger partial charge < -0.3 is 10.1 Å². The lowest BCUT2D eigenvalue weighted by atomic mass is 9.84. The van der Waals surface area contributed by atoms with Crippen molar-refractivity contribution in [1.82, 2.24) is 14.9 Å². The summed E-state index contributed by atoms with van der Waals surface area (Å²) in [5, 5.41) is 21.7. The van der Waals surface area contributed by atoms with Crippen LogP contribution in [-0.4, -0.2) is 34.1 Å². The monoisotopic (exact) mass is 436 g/mol. The molecule has 2 aromatic rings. The maximum absolute atomic E-state index is 9.62. The number of anilines is 1. The fourth-order valence-corrected chi connectivity index (χ4v) is 4.55. The van der Waals surface area contributed by atoms with Gasteiger partial charge in [0.2, 0.25) is 5.88 Å². The number of nitriles is 2. The first-order valence-electron chi connectivity index (χ1n) is 10.6. The number of aryl methyl sites for hydroxylation is 1. The number of pyridine rings is 2. The van der Waals surface area contributed by atoms with Gasteiger partial charge in [0.05, 0.1) is 11.6 Å². The van der Waals surface area contributed by atoms with Crippen LogP contribution in [-0.2, 0) is 19.5 Å². The summed E-state index contributed by atoms with van der Waals surface area (Å²) in [5.41, 5.74) is 4.37. The summed E-state index contributed by atoms with van der Waals surface area (Å²) in [4.78, 5) is 11.2. The molecule has 1 aliphatic carbocycles. The molecular weight excluding hydrogens is 412 g/mol. The van der Waals surface area contributed by atoms with Crippen LogP contribution in [0.25, 0.3) is 0 Å². The molecule has 1 fully saturated rings. The number of aromatic nitrogens is 2. The molecular formula is C23H25ClN6O. The van der Waals surface area contributed by atoms with Crippen LogP contribution >= 0.6 is 11.6 Å². The van der Waals surface area contributed by atoms with E-state index in [1.165, 1.54) is 0 Å². The first kappa shape index (κ1) is 21.4. The standard InChI is InChI=1S/C23H25ClN6O/c1-14-9-17(10-14)31-21-4-3-16(15(2)28-21)12-30-8-5-18-20(13-30)19(11-26)22(24)29-23(18)27-7-6-25/h3-4,14,17H,5,7-10,12-13H2,1-2H3,(H,27,29). The molecule has 1 saturated carbocycles. The Kier molecular flexibility index (Phi) is 6.27. The van der Waals surface area contributed by atoms with Crippen molar-refractivity contribution < 1.29 is 4.74 Å². The molecule has 2 aliphatic rings. The second-order valence-electron chi connectivity index (χ2n) is 8.38. The molecule has 0 saturated heterocycles. The smallest absolute Gasteiger partial charge is 0.213 e. The van der Waals surface area contributed by atoms with Crippen molar-refractivity contribution in [2.75, 3.05) is 18.4 Å². The zero-order valence-corrected chi connectivity index (χ0v) is 18.5. The lowest BCUT2D eigenvalue weighted by molar-refractivity contribution is 0.0693. The van der Waals surface area contributed by atoms with Crippen LogP contribution in [0, 0.1) is 35.5 Å². The van der Waals surface area contributed by atoms with E-state index < -0.39 is 0 Å². The Balaban J connectivity index is 1.49. The second kappa shape index (κ2) is 9.09. The molecule has 160 valence electrons. The summed E-state index contributed by atoms with van der Waals surface area (Å²) in [6.07, 6.45) is 3.21. The van der Waals surface area contributed by atoms with Crippen molar-refractivity contribution in [2.45, 2.75) is 52.3 Å². The van der Waals surface area contributed by atoms with Gasteiger partial charge in [-0.15, -0.1) is 0 Å². The summed E-state index contributed by atoms with van der Waals surface area (Å²) in [7, 11) is 0. The molecule has 1 N–H and O–H groups in total.